The minimum atomic E-state index is -4.32. The fourth-order valence-corrected chi connectivity index (χ4v) is 6.29. The van der Waals surface area contributed by atoms with E-state index in [1.165, 1.54) is 48.4 Å². The zero-order valence-corrected chi connectivity index (χ0v) is 27.3. The first kappa shape index (κ1) is 34.2. The molecule has 1 N–H and O–H groups in total. The van der Waals surface area contributed by atoms with Crippen molar-refractivity contribution in [2.75, 3.05) is 24.5 Å². The summed E-state index contributed by atoms with van der Waals surface area (Å²) in [5.74, 6) is -0.857. The Labute approximate surface area is 270 Å². The Bertz CT molecular complexity index is 1700. The molecule has 0 saturated heterocycles. The summed E-state index contributed by atoms with van der Waals surface area (Å²) in [7, 11) is -2.85. The number of anilines is 1. The standard InChI is InChI=1S/C36H40FN3O5S/c1-26(2)23-38-36(42)34(22-28-8-6-5-7-9-28)39(24-29-12-10-27(3)11-13-29)35(41)25-40(31-16-14-30(37)15-17-31)46(43,44)33-20-18-32(45-4)19-21-33/h5-21,26,34H,22-25H2,1-4H3,(H,38,42)/t34-/m1/s1. The molecule has 0 fully saturated rings. The molecule has 0 aliphatic rings. The van der Waals surface area contributed by atoms with Crippen LogP contribution in [0.3, 0.4) is 0 Å². The number of nitrogens with zero attached hydrogens (tertiary/aromatic N) is 2. The monoisotopic (exact) mass is 645 g/mol. The lowest BCUT2D eigenvalue weighted by molar-refractivity contribution is -0.140. The van der Waals surface area contributed by atoms with Gasteiger partial charge >= 0.3 is 0 Å². The van der Waals surface area contributed by atoms with Crippen LogP contribution in [0.4, 0.5) is 10.1 Å². The quantitative estimate of drug-likeness (QED) is 0.189. The number of ether oxygens (including phenoxy) is 1. The van der Waals surface area contributed by atoms with Gasteiger partial charge in [0.1, 0.15) is 24.2 Å². The number of benzene rings is 4. The molecule has 0 aliphatic heterocycles. The first-order valence-electron chi connectivity index (χ1n) is 15.1. The van der Waals surface area contributed by atoms with Crippen LogP contribution in [0.5, 0.6) is 5.75 Å². The number of rotatable bonds is 14. The minimum absolute atomic E-state index is 0.0611. The van der Waals surface area contributed by atoms with Crippen molar-refractivity contribution in [1.29, 1.82) is 0 Å². The molecule has 4 rings (SSSR count). The highest BCUT2D eigenvalue weighted by Crippen LogP contribution is 2.26. The Morgan fingerprint density at radius 3 is 2.07 bits per heavy atom. The molecule has 4 aromatic carbocycles. The van der Waals surface area contributed by atoms with Crippen molar-refractivity contribution >= 4 is 27.5 Å². The number of hydrogen-bond donors (Lipinski definition) is 1. The average Bonchev–Trinajstić information content (AvgIpc) is 3.05. The summed E-state index contributed by atoms with van der Waals surface area (Å²) < 4.78 is 48.2. The molecule has 242 valence electrons. The van der Waals surface area contributed by atoms with E-state index in [0.29, 0.717) is 12.3 Å². The first-order chi connectivity index (χ1) is 22.0. The lowest BCUT2D eigenvalue weighted by Crippen LogP contribution is -2.53. The molecule has 46 heavy (non-hydrogen) atoms. The number of sulfonamides is 1. The van der Waals surface area contributed by atoms with Gasteiger partial charge in [0, 0.05) is 19.5 Å². The van der Waals surface area contributed by atoms with Gasteiger partial charge in [0.15, 0.2) is 0 Å². The highest BCUT2D eigenvalue weighted by Gasteiger charge is 2.34. The van der Waals surface area contributed by atoms with Crippen molar-refractivity contribution in [2.45, 2.75) is 44.7 Å². The van der Waals surface area contributed by atoms with Crippen molar-refractivity contribution in [2.24, 2.45) is 5.92 Å². The lowest BCUT2D eigenvalue weighted by atomic mass is 10.0. The van der Waals surface area contributed by atoms with Gasteiger partial charge in [0.25, 0.3) is 10.0 Å². The summed E-state index contributed by atoms with van der Waals surface area (Å²) in [5.41, 5.74) is 2.75. The van der Waals surface area contributed by atoms with Crippen LogP contribution in [0.1, 0.15) is 30.5 Å². The number of amides is 2. The third kappa shape index (κ3) is 8.94. The summed E-state index contributed by atoms with van der Waals surface area (Å²) in [6, 6.07) is 26.7. The molecule has 0 heterocycles. The van der Waals surface area contributed by atoms with E-state index in [-0.39, 0.29) is 35.4 Å². The van der Waals surface area contributed by atoms with Gasteiger partial charge in [0.2, 0.25) is 11.8 Å². The van der Waals surface area contributed by atoms with Gasteiger partial charge in [0.05, 0.1) is 17.7 Å². The molecular weight excluding hydrogens is 605 g/mol. The fourth-order valence-electron chi connectivity index (χ4n) is 4.88. The maximum Gasteiger partial charge on any atom is 0.264 e. The molecule has 1 atom stereocenters. The minimum Gasteiger partial charge on any atom is -0.497 e. The number of aryl methyl sites for hydroxylation is 1. The van der Waals surface area contributed by atoms with Crippen molar-refractivity contribution in [3.8, 4) is 5.75 Å². The van der Waals surface area contributed by atoms with Crippen LogP contribution in [-0.4, -0.2) is 51.4 Å². The second kappa shape index (κ2) is 15.5. The zero-order valence-electron chi connectivity index (χ0n) is 26.5. The van der Waals surface area contributed by atoms with Crippen LogP contribution in [0, 0.1) is 18.7 Å². The Hall–Kier alpha value is -4.70. The number of halogens is 1. The molecular formula is C36H40FN3O5S. The van der Waals surface area contributed by atoms with E-state index in [2.05, 4.69) is 5.32 Å². The third-order valence-electron chi connectivity index (χ3n) is 7.47. The lowest BCUT2D eigenvalue weighted by Gasteiger charge is -2.34. The first-order valence-corrected chi connectivity index (χ1v) is 16.5. The number of hydrogen-bond acceptors (Lipinski definition) is 5. The summed E-state index contributed by atoms with van der Waals surface area (Å²) >= 11 is 0. The maximum absolute atomic E-state index is 14.5. The second-order valence-electron chi connectivity index (χ2n) is 11.5. The van der Waals surface area contributed by atoms with E-state index in [1.807, 2.05) is 75.4 Å². The van der Waals surface area contributed by atoms with Gasteiger partial charge in [-0.2, -0.15) is 0 Å². The van der Waals surface area contributed by atoms with Crippen LogP contribution in [0.2, 0.25) is 0 Å². The topological polar surface area (TPSA) is 96.0 Å². The SMILES string of the molecule is COc1ccc(S(=O)(=O)N(CC(=O)N(Cc2ccc(C)cc2)[C@H](Cc2ccccc2)C(=O)NCC(C)C)c2ccc(F)cc2)cc1. The molecule has 8 nitrogen and oxygen atoms in total. The van der Waals surface area contributed by atoms with E-state index in [4.69, 9.17) is 4.74 Å². The predicted octanol–water partition coefficient (Wildman–Crippen LogP) is 5.75. The van der Waals surface area contributed by atoms with Crippen molar-refractivity contribution in [1.82, 2.24) is 10.2 Å². The van der Waals surface area contributed by atoms with Crippen molar-refractivity contribution in [3.05, 3.63) is 126 Å². The van der Waals surface area contributed by atoms with E-state index in [0.717, 1.165) is 33.1 Å². The van der Waals surface area contributed by atoms with Gasteiger partial charge in [-0.25, -0.2) is 12.8 Å². The molecule has 0 saturated carbocycles. The largest absolute Gasteiger partial charge is 0.497 e. The normalized spacial score (nSPS) is 12.0. The predicted molar refractivity (Wildman–Crippen MR) is 177 cm³/mol. The molecule has 0 spiro atoms. The van der Waals surface area contributed by atoms with E-state index >= 15 is 0 Å². The van der Waals surface area contributed by atoms with E-state index < -0.39 is 34.3 Å². The molecule has 0 unspecified atom stereocenters. The van der Waals surface area contributed by atoms with Gasteiger partial charge in [-0.05, 0) is 72.5 Å². The van der Waals surface area contributed by atoms with Crippen molar-refractivity contribution < 1.29 is 27.1 Å². The average molecular weight is 646 g/mol. The Kier molecular flexibility index (Phi) is 11.5. The Morgan fingerprint density at radius 2 is 1.48 bits per heavy atom. The molecule has 0 bridgehead atoms. The van der Waals surface area contributed by atoms with Crippen LogP contribution in [-0.2, 0) is 32.6 Å². The van der Waals surface area contributed by atoms with Gasteiger partial charge in [-0.15, -0.1) is 0 Å². The molecule has 0 radical (unpaired) electrons. The molecule has 10 heteroatoms. The number of carbonyl (C=O) groups excluding carboxylic acids is 2. The van der Waals surface area contributed by atoms with Gasteiger partial charge in [-0.1, -0.05) is 74.0 Å². The molecule has 0 aliphatic carbocycles. The highest BCUT2D eigenvalue weighted by molar-refractivity contribution is 7.92. The zero-order chi connectivity index (χ0) is 33.3. The van der Waals surface area contributed by atoms with Crippen LogP contribution >= 0.6 is 0 Å². The summed E-state index contributed by atoms with van der Waals surface area (Å²) in [4.78, 5) is 29.6. The number of nitrogens with one attached hydrogen (secondary N) is 1. The van der Waals surface area contributed by atoms with Crippen LogP contribution < -0.4 is 14.4 Å². The van der Waals surface area contributed by atoms with Crippen LogP contribution in [0.15, 0.2) is 108 Å². The van der Waals surface area contributed by atoms with Crippen LogP contribution in [0.25, 0.3) is 0 Å². The molecule has 2 amide bonds. The maximum atomic E-state index is 14.5. The number of methoxy groups -OCH3 is 1. The van der Waals surface area contributed by atoms with Gasteiger partial charge in [-0.3, -0.25) is 13.9 Å². The summed E-state index contributed by atoms with van der Waals surface area (Å²) in [5, 5.41) is 2.97. The Morgan fingerprint density at radius 1 is 0.848 bits per heavy atom. The summed E-state index contributed by atoms with van der Waals surface area (Å²) in [6.45, 7) is 5.75. The van der Waals surface area contributed by atoms with E-state index in [9.17, 15) is 22.4 Å². The molecule has 0 aromatic heterocycles. The second-order valence-corrected chi connectivity index (χ2v) is 13.4. The Balaban J connectivity index is 1.79. The van der Waals surface area contributed by atoms with Gasteiger partial charge < -0.3 is 15.0 Å². The number of carbonyl (C=O) groups is 2. The fraction of sp³-hybridized carbons (Fsp3) is 0.278. The molecule has 4 aromatic rings. The summed E-state index contributed by atoms with van der Waals surface area (Å²) in [6.07, 6.45) is 0.212. The third-order valence-corrected chi connectivity index (χ3v) is 9.26. The smallest absolute Gasteiger partial charge is 0.264 e. The highest BCUT2D eigenvalue weighted by atomic mass is 32.2. The van der Waals surface area contributed by atoms with E-state index in [1.54, 1.807) is 0 Å². The van der Waals surface area contributed by atoms with Crippen molar-refractivity contribution in [3.63, 3.8) is 0 Å².